The molecule has 0 aliphatic heterocycles. The standard InChI is InChI=1S/C13H24O2/c1-5-7-9-13(3,4)10-8-11-15-12(14)6-2/h6H,2,5,7-11H2,1,3-4H3. The van der Waals surface area contributed by atoms with Gasteiger partial charge in [0.05, 0.1) is 6.61 Å². The Morgan fingerprint density at radius 1 is 1.33 bits per heavy atom. The van der Waals surface area contributed by atoms with Crippen LogP contribution in [0, 0.1) is 5.41 Å². The van der Waals surface area contributed by atoms with Gasteiger partial charge < -0.3 is 4.74 Å². The lowest BCUT2D eigenvalue weighted by molar-refractivity contribution is -0.138. The van der Waals surface area contributed by atoms with E-state index in [1.165, 1.54) is 25.3 Å². The first kappa shape index (κ1) is 14.2. The molecule has 0 aromatic rings. The first-order valence-corrected chi connectivity index (χ1v) is 5.81. The third-order valence-corrected chi connectivity index (χ3v) is 2.62. The molecule has 0 amide bonds. The molecule has 2 nitrogen and oxygen atoms in total. The van der Waals surface area contributed by atoms with Crippen molar-refractivity contribution in [2.75, 3.05) is 6.61 Å². The Bertz CT molecular complexity index is 195. The maximum atomic E-state index is 10.8. The molecule has 0 saturated heterocycles. The van der Waals surface area contributed by atoms with Crippen molar-refractivity contribution in [1.29, 1.82) is 0 Å². The van der Waals surface area contributed by atoms with Crippen LogP contribution in [-0.4, -0.2) is 12.6 Å². The van der Waals surface area contributed by atoms with Crippen molar-refractivity contribution < 1.29 is 9.53 Å². The first-order chi connectivity index (χ1) is 7.02. The minimum Gasteiger partial charge on any atom is -0.463 e. The fraction of sp³-hybridized carbons (Fsp3) is 0.769. The molecule has 0 spiro atoms. The van der Waals surface area contributed by atoms with Gasteiger partial charge in [0.15, 0.2) is 0 Å². The van der Waals surface area contributed by atoms with Gasteiger partial charge in [-0.05, 0) is 24.7 Å². The van der Waals surface area contributed by atoms with Gasteiger partial charge in [-0.1, -0.05) is 40.2 Å². The predicted octanol–water partition coefficient (Wildman–Crippen LogP) is 3.71. The maximum Gasteiger partial charge on any atom is 0.330 e. The number of carbonyl (C=O) groups is 1. The highest BCUT2D eigenvalue weighted by atomic mass is 16.5. The molecule has 0 bridgehead atoms. The minimum absolute atomic E-state index is 0.318. The van der Waals surface area contributed by atoms with Gasteiger partial charge in [0.25, 0.3) is 0 Å². The van der Waals surface area contributed by atoms with Crippen LogP contribution in [0.4, 0.5) is 0 Å². The number of hydrogen-bond acceptors (Lipinski definition) is 2. The van der Waals surface area contributed by atoms with E-state index in [1.807, 2.05) is 0 Å². The first-order valence-electron chi connectivity index (χ1n) is 5.81. The van der Waals surface area contributed by atoms with E-state index >= 15 is 0 Å². The summed E-state index contributed by atoms with van der Waals surface area (Å²) in [5.41, 5.74) is 0.372. The second-order valence-corrected chi connectivity index (χ2v) is 4.74. The summed E-state index contributed by atoms with van der Waals surface area (Å²) in [6, 6.07) is 0. The van der Waals surface area contributed by atoms with E-state index in [2.05, 4.69) is 27.4 Å². The lowest BCUT2D eigenvalue weighted by atomic mass is 9.83. The van der Waals surface area contributed by atoms with Gasteiger partial charge in [-0.3, -0.25) is 0 Å². The number of unbranched alkanes of at least 4 members (excludes halogenated alkanes) is 1. The Hall–Kier alpha value is -0.790. The van der Waals surface area contributed by atoms with E-state index in [4.69, 9.17) is 4.74 Å². The molecule has 0 N–H and O–H groups in total. The van der Waals surface area contributed by atoms with E-state index in [0.29, 0.717) is 12.0 Å². The van der Waals surface area contributed by atoms with Crippen molar-refractivity contribution in [3.63, 3.8) is 0 Å². The Labute approximate surface area is 93.7 Å². The largest absolute Gasteiger partial charge is 0.463 e. The molecule has 0 aliphatic carbocycles. The number of esters is 1. The molecule has 0 rings (SSSR count). The van der Waals surface area contributed by atoms with E-state index < -0.39 is 0 Å². The minimum atomic E-state index is -0.318. The molecule has 0 aromatic heterocycles. The lowest BCUT2D eigenvalue weighted by Crippen LogP contribution is -2.13. The molecule has 0 aliphatic rings. The molecule has 0 radical (unpaired) electrons. The summed E-state index contributed by atoms with van der Waals surface area (Å²) in [5, 5.41) is 0. The summed E-state index contributed by atoms with van der Waals surface area (Å²) in [6.45, 7) is 10.6. The second kappa shape index (κ2) is 7.49. The molecular formula is C13H24O2. The summed E-state index contributed by atoms with van der Waals surface area (Å²) in [5.74, 6) is -0.318. The van der Waals surface area contributed by atoms with E-state index in [0.717, 1.165) is 12.8 Å². The van der Waals surface area contributed by atoms with Crippen LogP contribution in [0.1, 0.15) is 52.9 Å². The number of carbonyl (C=O) groups excluding carboxylic acids is 1. The summed E-state index contributed by atoms with van der Waals surface area (Å²) in [4.78, 5) is 10.8. The smallest absolute Gasteiger partial charge is 0.330 e. The van der Waals surface area contributed by atoms with Crippen LogP contribution < -0.4 is 0 Å². The van der Waals surface area contributed by atoms with Gasteiger partial charge in [-0.2, -0.15) is 0 Å². The van der Waals surface area contributed by atoms with Gasteiger partial charge >= 0.3 is 5.97 Å². The van der Waals surface area contributed by atoms with Gasteiger partial charge in [0.1, 0.15) is 0 Å². The Morgan fingerprint density at radius 3 is 2.47 bits per heavy atom. The van der Waals surface area contributed by atoms with Gasteiger partial charge in [0.2, 0.25) is 0 Å². The highest BCUT2D eigenvalue weighted by molar-refractivity contribution is 5.81. The van der Waals surface area contributed by atoms with Crippen LogP contribution >= 0.6 is 0 Å². The molecule has 0 fully saturated rings. The summed E-state index contributed by atoms with van der Waals surface area (Å²) < 4.78 is 4.93. The van der Waals surface area contributed by atoms with Gasteiger partial charge in [0, 0.05) is 6.08 Å². The summed E-state index contributed by atoms with van der Waals surface area (Å²) in [7, 11) is 0. The predicted molar refractivity (Wildman–Crippen MR) is 63.7 cm³/mol. The third-order valence-electron chi connectivity index (χ3n) is 2.62. The molecule has 15 heavy (non-hydrogen) atoms. The van der Waals surface area contributed by atoms with Crippen LogP contribution in [-0.2, 0) is 9.53 Å². The number of ether oxygens (including phenoxy) is 1. The lowest BCUT2D eigenvalue weighted by Gasteiger charge is -2.24. The average Bonchev–Trinajstić information content (AvgIpc) is 2.21. The van der Waals surface area contributed by atoms with Gasteiger partial charge in [-0.25, -0.2) is 4.79 Å². The van der Waals surface area contributed by atoms with E-state index in [-0.39, 0.29) is 5.97 Å². The highest BCUT2D eigenvalue weighted by Gasteiger charge is 2.16. The van der Waals surface area contributed by atoms with Crippen LogP contribution in [0.15, 0.2) is 12.7 Å². The second-order valence-electron chi connectivity index (χ2n) is 4.74. The fourth-order valence-electron chi connectivity index (χ4n) is 1.56. The van der Waals surface area contributed by atoms with Crippen LogP contribution in [0.25, 0.3) is 0 Å². The van der Waals surface area contributed by atoms with Crippen LogP contribution in [0.3, 0.4) is 0 Å². The normalized spacial score (nSPS) is 11.1. The molecular weight excluding hydrogens is 188 g/mol. The molecule has 0 atom stereocenters. The maximum absolute atomic E-state index is 10.8. The highest BCUT2D eigenvalue weighted by Crippen LogP contribution is 2.28. The Morgan fingerprint density at radius 2 is 1.93 bits per heavy atom. The quantitative estimate of drug-likeness (QED) is 0.348. The Kier molecular flexibility index (Phi) is 7.10. The van der Waals surface area contributed by atoms with E-state index in [9.17, 15) is 4.79 Å². The SMILES string of the molecule is C=CC(=O)OCCCC(C)(C)CCCC. The monoisotopic (exact) mass is 212 g/mol. The van der Waals surface area contributed by atoms with Crippen molar-refractivity contribution >= 4 is 5.97 Å². The zero-order valence-electron chi connectivity index (χ0n) is 10.3. The van der Waals surface area contributed by atoms with Gasteiger partial charge in [-0.15, -0.1) is 0 Å². The summed E-state index contributed by atoms with van der Waals surface area (Å²) in [6.07, 6.45) is 7.03. The zero-order chi connectivity index (χ0) is 11.7. The van der Waals surface area contributed by atoms with Crippen LogP contribution in [0.5, 0.6) is 0 Å². The summed E-state index contributed by atoms with van der Waals surface area (Å²) >= 11 is 0. The number of hydrogen-bond donors (Lipinski definition) is 0. The molecule has 0 unspecified atom stereocenters. The third kappa shape index (κ3) is 8.22. The van der Waals surface area contributed by atoms with Crippen molar-refractivity contribution in [2.24, 2.45) is 5.41 Å². The Balaban J connectivity index is 3.56. The van der Waals surface area contributed by atoms with E-state index in [1.54, 1.807) is 0 Å². The number of rotatable bonds is 8. The molecule has 2 heteroatoms. The van der Waals surface area contributed by atoms with Crippen LogP contribution in [0.2, 0.25) is 0 Å². The average molecular weight is 212 g/mol. The van der Waals surface area contributed by atoms with Crippen molar-refractivity contribution in [1.82, 2.24) is 0 Å². The zero-order valence-corrected chi connectivity index (χ0v) is 10.3. The molecule has 0 heterocycles. The fourth-order valence-corrected chi connectivity index (χ4v) is 1.56. The molecule has 88 valence electrons. The van der Waals surface area contributed by atoms with Crippen molar-refractivity contribution in [3.05, 3.63) is 12.7 Å². The van der Waals surface area contributed by atoms with Crippen molar-refractivity contribution in [2.45, 2.75) is 52.9 Å². The van der Waals surface area contributed by atoms with Crippen molar-refractivity contribution in [3.8, 4) is 0 Å². The molecule has 0 saturated carbocycles. The molecule has 0 aromatic carbocycles. The topological polar surface area (TPSA) is 26.3 Å².